The van der Waals surface area contributed by atoms with Gasteiger partial charge in [-0.15, -0.1) is 0 Å². The van der Waals surface area contributed by atoms with Crippen molar-refractivity contribution in [3.8, 4) is 0 Å². The molecule has 4 aliphatic rings. The fourth-order valence-electron chi connectivity index (χ4n) is 3.06. The largest absolute Gasteiger partial charge is 0.481 e. The summed E-state index contributed by atoms with van der Waals surface area (Å²) in [5.41, 5.74) is 0. The molecule has 1 N–H and O–H groups in total. The van der Waals surface area contributed by atoms with Crippen molar-refractivity contribution in [2.45, 2.75) is 63.8 Å². The number of hydrogen-bond acceptors (Lipinski definition) is 1. The minimum Gasteiger partial charge on any atom is -0.481 e. The summed E-state index contributed by atoms with van der Waals surface area (Å²) in [6.07, 6.45) is 10.9. The smallest absolute Gasteiger partial charge is 0.303 e. The highest BCUT2D eigenvalue weighted by molar-refractivity contribution is 8.80. The number of carbonyl (C=O) groups is 1. The van der Waals surface area contributed by atoms with Crippen molar-refractivity contribution >= 4 is 34.6 Å². The Morgan fingerprint density at radius 1 is 0.824 bits per heavy atom. The van der Waals surface area contributed by atoms with Crippen molar-refractivity contribution in [3.05, 3.63) is 0 Å². The Morgan fingerprint density at radius 2 is 1.29 bits per heavy atom. The molecule has 0 atom stereocenters. The van der Waals surface area contributed by atoms with Crippen LogP contribution in [-0.4, -0.2) is 39.8 Å². The molecule has 0 aromatic rings. The minimum absolute atomic E-state index is 0.00415. The number of rotatable bonds is 11. The molecule has 0 aromatic heterocycles. The molecule has 4 aliphatic heterocycles. The summed E-state index contributed by atoms with van der Waals surface area (Å²) in [6.45, 7) is -0.00415. The standard InChI is InChI=1S/C11H21O2Si4/c12-11(13)9-7-5-3-1-2-4-6-8-10-17-14-15(17)16(14)17/h1-10H2,(H,12,13). The van der Waals surface area contributed by atoms with Crippen molar-refractivity contribution in [2.24, 2.45) is 0 Å². The van der Waals surface area contributed by atoms with Crippen LogP contribution < -0.4 is 0 Å². The molecule has 0 amide bonds. The second kappa shape index (κ2) is 4.79. The van der Waals surface area contributed by atoms with E-state index >= 15 is 0 Å². The molecule has 4 fully saturated rings. The Balaban J connectivity index is 1.05. The highest BCUT2D eigenvalue weighted by Crippen LogP contribution is 2.75. The maximum Gasteiger partial charge on any atom is 0.303 e. The van der Waals surface area contributed by atoms with Gasteiger partial charge in [0.1, 0.15) is 0 Å². The van der Waals surface area contributed by atoms with Crippen LogP contribution in [0, 0.1) is 0 Å². The molecule has 0 saturated carbocycles. The maximum atomic E-state index is 10.3. The van der Waals surface area contributed by atoms with Gasteiger partial charge in [-0.2, -0.15) is 0 Å². The SMILES string of the molecule is O=C(O)CCCCCCCCCC[Si]12[Si]3[Si]1[Si]32. The summed E-state index contributed by atoms with van der Waals surface area (Å²) in [5, 5.41) is 8.50. The summed E-state index contributed by atoms with van der Waals surface area (Å²) < 4.78 is 0. The van der Waals surface area contributed by atoms with Gasteiger partial charge in [0.05, 0.1) is 0 Å². The van der Waals surface area contributed by atoms with Gasteiger partial charge < -0.3 is 5.11 Å². The molecule has 4 saturated heterocycles. The zero-order valence-electron chi connectivity index (χ0n) is 10.4. The molecule has 4 rings (SSSR count). The van der Waals surface area contributed by atoms with Crippen LogP contribution in [-0.2, 0) is 4.79 Å². The summed E-state index contributed by atoms with van der Waals surface area (Å²) in [7, 11) is 2.23. The molecule has 0 unspecified atom stereocenters. The van der Waals surface area contributed by atoms with Crippen molar-refractivity contribution in [3.63, 3.8) is 0 Å². The maximum absolute atomic E-state index is 10.3. The Morgan fingerprint density at radius 3 is 1.76 bits per heavy atom. The van der Waals surface area contributed by atoms with Crippen LogP contribution >= 0.6 is 0 Å². The van der Waals surface area contributed by atoms with E-state index in [-0.39, 0.29) is 6.63 Å². The van der Waals surface area contributed by atoms with Gasteiger partial charge in [-0.3, -0.25) is 4.79 Å². The van der Waals surface area contributed by atoms with Crippen molar-refractivity contribution in [1.82, 2.24) is 0 Å². The lowest BCUT2D eigenvalue weighted by Gasteiger charge is -2.01. The fourth-order valence-corrected chi connectivity index (χ4v) is 153. The quantitative estimate of drug-likeness (QED) is 0.468. The first kappa shape index (κ1) is 12.4. The Hall–Kier alpha value is 0.338. The van der Waals surface area contributed by atoms with Crippen molar-refractivity contribution in [2.75, 3.05) is 0 Å². The van der Waals surface area contributed by atoms with E-state index in [9.17, 15) is 4.79 Å². The highest BCUT2D eigenvalue weighted by atomic mass is 31.1. The molecule has 0 aromatic carbocycles. The first-order valence-corrected chi connectivity index (χ1v) is 19.8. The van der Waals surface area contributed by atoms with Gasteiger partial charge in [-0.1, -0.05) is 51.0 Å². The monoisotopic (exact) mass is 297 g/mol. The second-order valence-electron chi connectivity index (χ2n) is 5.75. The van der Waals surface area contributed by atoms with Gasteiger partial charge in [-0.25, -0.2) is 0 Å². The van der Waals surface area contributed by atoms with Crippen LogP contribution in [0.4, 0.5) is 0 Å². The third-order valence-electron chi connectivity index (χ3n) is 4.47. The molecular formula is C11H21O2Si4. The number of carboxylic acids is 1. The van der Waals surface area contributed by atoms with Gasteiger partial charge in [0, 0.05) is 35.1 Å². The first-order chi connectivity index (χ1) is 8.28. The highest BCUT2D eigenvalue weighted by Gasteiger charge is 3.10. The summed E-state index contributed by atoms with van der Waals surface area (Å²) in [6, 6.07) is 1.82. The van der Waals surface area contributed by atoms with Gasteiger partial charge in [0.25, 0.3) is 0 Å². The van der Waals surface area contributed by atoms with Crippen LogP contribution in [0.3, 0.4) is 0 Å². The van der Waals surface area contributed by atoms with Crippen LogP contribution in [0.5, 0.6) is 0 Å². The van der Waals surface area contributed by atoms with E-state index in [0.717, 1.165) is 34.9 Å². The Labute approximate surface area is 108 Å². The summed E-state index contributed by atoms with van der Waals surface area (Å²) >= 11 is 0. The lowest BCUT2D eigenvalue weighted by atomic mass is 10.1. The van der Waals surface area contributed by atoms with E-state index in [1.807, 2.05) is 6.04 Å². The number of unbranched alkanes of at least 4 members (excludes halogenated alkanes) is 7. The summed E-state index contributed by atoms with van der Waals surface area (Å²) in [4.78, 5) is 10.3. The lowest BCUT2D eigenvalue weighted by Crippen LogP contribution is -1.94. The third-order valence-corrected chi connectivity index (χ3v) is 94.6. The van der Waals surface area contributed by atoms with Crippen LogP contribution in [0.1, 0.15) is 57.8 Å². The Kier molecular flexibility index (Phi) is 3.48. The molecule has 0 aliphatic carbocycles. The molecule has 2 nitrogen and oxygen atoms in total. The molecule has 0 bridgehead atoms. The number of hydrogen-bond donors (Lipinski definition) is 1. The van der Waals surface area contributed by atoms with Gasteiger partial charge in [0.15, 0.2) is 0 Å². The normalized spacial score (nSPS) is 23.5. The average molecular weight is 298 g/mol. The zero-order valence-corrected chi connectivity index (χ0v) is 14.4. The molecule has 17 heavy (non-hydrogen) atoms. The topological polar surface area (TPSA) is 37.3 Å². The average Bonchev–Trinajstić information content (AvgIpc) is 3.13. The number of aliphatic carboxylic acids is 1. The lowest BCUT2D eigenvalue weighted by molar-refractivity contribution is -0.137. The third kappa shape index (κ3) is 2.54. The van der Waals surface area contributed by atoms with Gasteiger partial charge in [0.2, 0.25) is 0 Å². The van der Waals surface area contributed by atoms with E-state index in [1.54, 1.807) is 6.42 Å². The van der Waals surface area contributed by atoms with E-state index in [4.69, 9.17) is 5.11 Å². The predicted molar refractivity (Wildman–Crippen MR) is 77.0 cm³/mol. The first-order valence-electron chi connectivity index (χ1n) is 7.13. The molecular weight excluding hydrogens is 276 g/mol. The molecule has 0 spiro atoms. The Bertz CT molecular complexity index is 295. The minimum atomic E-state index is -0.637. The number of carboxylic acid groups (broad SMARTS) is 1. The van der Waals surface area contributed by atoms with Crippen LogP contribution in [0.2, 0.25) is 6.04 Å². The van der Waals surface area contributed by atoms with Gasteiger partial charge >= 0.3 is 5.97 Å². The predicted octanol–water partition coefficient (Wildman–Crippen LogP) is 2.03. The summed E-state index contributed by atoms with van der Waals surface area (Å²) in [5.74, 6) is -0.637. The second-order valence-corrected chi connectivity index (χ2v) is 49.5. The van der Waals surface area contributed by atoms with Crippen LogP contribution in [0.15, 0.2) is 0 Å². The molecule has 93 valence electrons. The molecule has 3 radical (unpaired) electrons. The molecule has 4 heterocycles. The van der Waals surface area contributed by atoms with Crippen molar-refractivity contribution in [1.29, 1.82) is 0 Å². The van der Waals surface area contributed by atoms with Crippen LogP contribution in [0.25, 0.3) is 0 Å². The van der Waals surface area contributed by atoms with E-state index in [0.29, 0.717) is 6.42 Å². The zero-order chi connectivity index (χ0) is 11.9. The van der Waals surface area contributed by atoms with E-state index < -0.39 is 5.97 Å². The van der Waals surface area contributed by atoms with Crippen molar-refractivity contribution < 1.29 is 9.90 Å². The molecule has 6 heteroatoms. The van der Waals surface area contributed by atoms with E-state index in [2.05, 4.69) is 0 Å². The van der Waals surface area contributed by atoms with Gasteiger partial charge in [-0.05, 0) is 6.42 Å². The van der Waals surface area contributed by atoms with E-state index in [1.165, 1.54) is 32.1 Å². The fraction of sp³-hybridized carbons (Fsp3) is 0.909.